The van der Waals surface area contributed by atoms with E-state index in [-0.39, 0.29) is 28.9 Å². The SMILES string of the molecule is CC(Cc1cnc2nc(N)nc(N)c2n1)c1ccc(C(=O)NC(CCC(=O)OCC2OC(n3ccc(N(C(=O)OC(C)(C)C)C(=O)OC(C)(C)C)nc3=O)C(F)(F)[C@H]2OC(=O)OC(C)(C)C)C(=O)O)cc1. The van der Waals surface area contributed by atoms with Gasteiger partial charge >= 0.3 is 41.9 Å². The van der Waals surface area contributed by atoms with E-state index in [2.05, 4.69) is 30.2 Å². The van der Waals surface area contributed by atoms with Gasteiger partial charge in [0.05, 0.1) is 11.9 Å². The number of benzene rings is 1. The zero-order valence-corrected chi connectivity index (χ0v) is 40.6. The van der Waals surface area contributed by atoms with Gasteiger partial charge < -0.3 is 50.3 Å². The van der Waals surface area contributed by atoms with Crippen LogP contribution in [0.5, 0.6) is 0 Å². The number of halogens is 2. The summed E-state index contributed by atoms with van der Waals surface area (Å²) in [7, 11) is 0. The van der Waals surface area contributed by atoms with E-state index < -0.39 is 114 Å². The number of carboxylic acid groups (broad SMARTS) is 1. The molecule has 5 atom stereocenters. The summed E-state index contributed by atoms with van der Waals surface area (Å²) >= 11 is 0. The average molecular weight is 999 g/mol. The molecule has 0 saturated carbocycles. The zero-order chi connectivity index (χ0) is 53.0. The number of rotatable bonds is 14. The molecule has 6 N–H and O–H groups in total. The number of hydrogen-bond acceptors (Lipinski definition) is 20. The van der Waals surface area contributed by atoms with Crippen molar-refractivity contribution in [2.75, 3.05) is 23.0 Å². The van der Waals surface area contributed by atoms with Crippen LogP contribution in [0.1, 0.15) is 116 Å². The molecule has 0 spiro atoms. The smallest absolute Gasteiger partial charge is 0.480 e. The van der Waals surface area contributed by atoms with E-state index in [0.717, 1.165) is 17.8 Å². The topological polar surface area (TPSA) is 332 Å². The van der Waals surface area contributed by atoms with E-state index in [9.17, 15) is 38.7 Å². The van der Waals surface area contributed by atoms with Crippen molar-refractivity contribution in [2.45, 2.75) is 142 Å². The quantitative estimate of drug-likeness (QED) is 0.0928. The molecule has 0 bridgehead atoms. The van der Waals surface area contributed by atoms with E-state index in [1.807, 2.05) is 6.92 Å². The standard InChI is InChI=1S/C45H56F2N10O14/c1-22(19-25-20-50-33-30(51-25)32(48)54-37(49)55-33)23-11-13-24(14-12-23)34(59)52-26(35(60)61)15-16-29(58)66-21-27-31(68-41(65)71-44(8,9)10)45(46,47)36(67-27)56-18-17-28(53-38(56)62)57(39(63)69-42(2,3)4)40(64)70-43(5,6)7/h11-14,17-18,20,22,26-27,31,36H,15-16,19,21H2,1-10H3,(H,52,59)(H,60,61)(H4,48,49,50,54,55)/t22?,26?,27?,31-,36?/m0/s1. The first kappa shape index (κ1) is 54.3. The Balaban J connectivity index is 1.26. The van der Waals surface area contributed by atoms with Gasteiger partial charge in [0.1, 0.15) is 35.6 Å². The van der Waals surface area contributed by atoms with Gasteiger partial charge in [0, 0.05) is 18.2 Å². The van der Waals surface area contributed by atoms with Gasteiger partial charge in [-0.05, 0) is 105 Å². The van der Waals surface area contributed by atoms with Crippen LogP contribution in [0, 0.1) is 0 Å². The molecular weight excluding hydrogens is 943 g/mol. The van der Waals surface area contributed by atoms with E-state index in [1.54, 1.807) is 12.1 Å². The summed E-state index contributed by atoms with van der Waals surface area (Å²) in [5.74, 6) is -8.43. The summed E-state index contributed by atoms with van der Waals surface area (Å²) in [4.78, 5) is 111. The second kappa shape index (κ2) is 21.2. The number of nitrogens with zero attached hydrogens (tertiary/aromatic N) is 7. The Morgan fingerprint density at radius 3 is 2.06 bits per heavy atom. The molecule has 1 aliphatic heterocycles. The van der Waals surface area contributed by atoms with Gasteiger partial charge in [0.15, 0.2) is 22.8 Å². The Hall–Kier alpha value is -7.64. The Bertz CT molecular complexity index is 2690. The van der Waals surface area contributed by atoms with Gasteiger partial charge in [-0.25, -0.2) is 33.9 Å². The minimum absolute atomic E-state index is 0.0360. The second-order valence-corrected chi connectivity index (χ2v) is 19.3. The number of amides is 3. The molecule has 24 nitrogen and oxygen atoms in total. The number of esters is 1. The lowest BCUT2D eigenvalue weighted by Gasteiger charge is -2.28. The molecule has 0 radical (unpaired) electrons. The number of carboxylic acids is 1. The first-order valence-electron chi connectivity index (χ1n) is 21.9. The van der Waals surface area contributed by atoms with E-state index in [1.165, 1.54) is 80.6 Å². The predicted octanol–water partition coefficient (Wildman–Crippen LogP) is 5.22. The Kier molecular flexibility index (Phi) is 16.2. The van der Waals surface area contributed by atoms with Crippen LogP contribution in [0.25, 0.3) is 11.2 Å². The molecule has 5 rings (SSSR count). The van der Waals surface area contributed by atoms with Crippen LogP contribution in [-0.2, 0) is 44.4 Å². The molecule has 0 aliphatic carbocycles. The number of imide groups is 1. The van der Waals surface area contributed by atoms with Crippen molar-refractivity contribution in [2.24, 2.45) is 0 Å². The average Bonchev–Trinajstić information content (AvgIpc) is 3.47. The highest BCUT2D eigenvalue weighted by Gasteiger charge is 2.63. The highest BCUT2D eigenvalue weighted by atomic mass is 19.3. The fourth-order valence-electron chi connectivity index (χ4n) is 6.69. The van der Waals surface area contributed by atoms with Crippen LogP contribution in [0.15, 0.2) is 47.5 Å². The minimum Gasteiger partial charge on any atom is -0.480 e. The summed E-state index contributed by atoms with van der Waals surface area (Å²) in [6.07, 6.45) is -9.79. The lowest BCUT2D eigenvalue weighted by Crippen LogP contribution is -2.46. The third kappa shape index (κ3) is 14.5. The summed E-state index contributed by atoms with van der Waals surface area (Å²) in [6, 6.07) is 5.55. The second-order valence-electron chi connectivity index (χ2n) is 19.3. The summed E-state index contributed by atoms with van der Waals surface area (Å²) < 4.78 is 64.3. The molecule has 4 aromatic rings. The number of aliphatic carboxylic acids is 1. The maximum absolute atomic E-state index is 16.4. The molecule has 3 amide bonds. The number of nitrogen functional groups attached to an aromatic ring is 2. The number of fused-ring (bicyclic) bond motifs is 1. The maximum atomic E-state index is 16.4. The molecule has 3 aromatic heterocycles. The van der Waals surface area contributed by atoms with Crippen LogP contribution in [-0.4, -0.2) is 118 Å². The molecule has 1 aromatic carbocycles. The molecule has 4 unspecified atom stereocenters. The number of carbonyl (C=O) groups is 6. The summed E-state index contributed by atoms with van der Waals surface area (Å²) in [6.45, 7) is 14.2. The number of carbonyl (C=O) groups excluding carboxylic acids is 5. The highest BCUT2D eigenvalue weighted by Crippen LogP contribution is 2.44. The largest absolute Gasteiger partial charge is 0.509 e. The lowest BCUT2D eigenvalue weighted by atomic mass is 9.95. The van der Waals surface area contributed by atoms with Gasteiger partial charge in [-0.2, -0.15) is 28.6 Å². The molecule has 1 fully saturated rings. The first-order valence-corrected chi connectivity index (χ1v) is 21.9. The maximum Gasteiger partial charge on any atom is 0.509 e. The monoisotopic (exact) mass is 998 g/mol. The number of alkyl halides is 2. The van der Waals surface area contributed by atoms with Crippen molar-refractivity contribution in [3.63, 3.8) is 0 Å². The van der Waals surface area contributed by atoms with Gasteiger partial charge in [0.2, 0.25) is 18.3 Å². The van der Waals surface area contributed by atoms with E-state index >= 15 is 8.78 Å². The zero-order valence-electron chi connectivity index (χ0n) is 40.6. The van der Waals surface area contributed by atoms with E-state index in [4.69, 9.17) is 39.9 Å². The van der Waals surface area contributed by atoms with Crippen LogP contribution < -0.4 is 27.4 Å². The molecule has 1 saturated heterocycles. The molecular formula is C45H56F2N10O14. The van der Waals surface area contributed by atoms with Crippen LogP contribution >= 0.6 is 0 Å². The molecule has 71 heavy (non-hydrogen) atoms. The predicted molar refractivity (Wildman–Crippen MR) is 245 cm³/mol. The highest BCUT2D eigenvalue weighted by molar-refractivity contribution is 6.08. The number of aromatic nitrogens is 6. The van der Waals surface area contributed by atoms with Crippen LogP contribution in [0.2, 0.25) is 0 Å². The minimum atomic E-state index is -4.28. The van der Waals surface area contributed by atoms with Crippen molar-refractivity contribution < 1.29 is 71.1 Å². The number of nitrogens with one attached hydrogen (secondary N) is 1. The first-order chi connectivity index (χ1) is 32.8. The molecule has 384 valence electrons. The molecule has 4 heterocycles. The Labute approximate surface area is 404 Å². The van der Waals surface area contributed by atoms with Gasteiger partial charge in [-0.3, -0.25) is 14.2 Å². The van der Waals surface area contributed by atoms with Gasteiger partial charge in [0.25, 0.3) is 5.91 Å². The van der Waals surface area contributed by atoms with Crippen molar-refractivity contribution in [1.29, 1.82) is 0 Å². The third-order valence-electron chi connectivity index (χ3n) is 9.82. The summed E-state index contributed by atoms with van der Waals surface area (Å²) in [5.41, 5.74) is 8.63. The number of ether oxygens (including phenoxy) is 6. The molecule has 26 heteroatoms. The Morgan fingerprint density at radius 1 is 0.887 bits per heavy atom. The van der Waals surface area contributed by atoms with Crippen molar-refractivity contribution in [3.05, 3.63) is 70.0 Å². The molecule has 1 aliphatic rings. The Morgan fingerprint density at radius 2 is 1.49 bits per heavy atom. The van der Waals surface area contributed by atoms with Crippen molar-refractivity contribution in [3.8, 4) is 0 Å². The van der Waals surface area contributed by atoms with E-state index in [0.29, 0.717) is 27.1 Å². The van der Waals surface area contributed by atoms with Crippen LogP contribution in [0.4, 0.5) is 40.7 Å². The fourth-order valence-corrected chi connectivity index (χ4v) is 6.69. The number of anilines is 3. The van der Waals surface area contributed by atoms with Gasteiger partial charge in [-0.1, -0.05) is 19.1 Å². The van der Waals surface area contributed by atoms with Crippen LogP contribution in [0.3, 0.4) is 0 Å². The number of hydrogen-bond donors (Lipinski definition) is 4. The van der Waals surface area contributed by atoms with Crippen molar-refractivity contribution in [1.82, 2.24) is 34.8 Å². The third-order valence-corrected chi connectivity index (χ3v) is 9.82. The number of nitrogens with two attached hydrogens (primary N) is 2. The van der Waals surface area contributed by atoms with Gasteiger partial charge in [-0.15, -0.1) is 0 Å². The lowest BCUT2D eigenvalue weighted by molar-refractivity contribution is -0.151. The normalized spacial score (nSPS) is 17.6. The fraction of sp³-hybridized carbons (Fsp3) is 0.511. The van der Waals surface area contributed by atoms with Crippen molar-refractivity contribution >= 4 is 64.9 Å². The summed E-state index contributed by atoms with van der Waals surface area (Å²) in [5, 5.41) is 12.2.